The van der Waals surface area contributed by atoms with Crippen LogP contribution in [-0.4, -0.2) is 54.6 Å². The van der Waals surface area contributed by atoms with E-state index in [1.807, 2.05) is 49.1 Å². The second-order valence-electron chi connectivity index (χ2n) is 8.13. The molecule has 33 heavy (non-hydrogen) atoms. The summed E-state index contributed by atoms with van der Waals surface area (Å²) in [5, 5.41) is 10.1. The van der Waals surface area contributed by atoms with Gasteiger partial charge in [-0.15, -0.1) is 0 Å². The smallest absolute Gasteiger partial charge is 0.267 e. The lowest BCUT2D eigenvalue weighted by Crippen LogP contribution is -2.75. The van der Waals surface area contributed by atoms with Crippen molar-refractivity contribution in [3.8, 4) is 5.75 Å². The lowest BCUT2D eigenvalue weighted by atomic mass is 9.90. The zero-order chi connectivity index (χ0) is 23.6. The van der Waals surface area contributed by atoms with E-state index in [2.05, 4.69) is 9.71 Å². The fourth-order valence-electron chi connectivity index (χ4n) is 4.01. The molecule has 1 aliphatic heterocycles. The molecule has 1 saturated heterocycles. The maximum atomic E-state index is 12.9. The van der Waals surface area contributed by atoms with E-state index in [0.29, 0.717) is 18.9 Å². The van der Waals surface area contributed by atoms with E-state index >= 15 is 0 Å². The summed E-state index contributed by atoms with van der Waals surface area (Å²) in [6, 6.07) is 15.8. The fourth-order valence-corrected chi connectivity index (χ4v) is 5.36. The number of hydrogen-bond donors (Lipinski definition) is 3. The van der Waals surface area contributed by atoms with Crippen LogP contribution in [0.1, 0.15) is 18.2 Å². The molecule has 1 fully saturated rings. The van der Waals surface area contributed by atoms with Gasteiger partial charge in [0.2, 0.25) is 10.0 Å². The van der Waals surface area contributed by atoms with Crippen molar-refractivity contribution in [2.45, 2.75) is 30.9 Å². The van der Waals surface area contributed by atoms with Crippen LogP contribution in [0, 0.1) is 6.92 Å². The van der Waals surface area contributed by atoms with E-state index < -0.39 is 21.5 Å². The monoisotopic (exact) mass is 470 g/mol. The van der Waals surface area contributed by atoms with E-state index in [9.17, 15) is 13.2 Å². The van der Waals surface area contributed by atoms with Crippen molar-refractivity contribution in [2.75, 3.05) is 19.6 Å². The maximum absolute atomic E-state index is 12.9. The van der Waals surface area contributed by atoms with Gasteiger partial charge in [-0.3, -0.25) is 19.9 Å². The van der Waals surface area contributed by atoms with E-state index in [4.69, 9.17) is 9.94 Å². The molecule has 0 unspecified atom stereocenters. The van der Waals surface area contributed by atoms with Gasteiger partial charge in [-0.25, -0.2) is 13.9 Å². The van der Waals surface area contributed by atoms with Crippen LogP contribution in [0.25, 0.3) is 10.9 Å². The Balaban J connectivity index is 1.48. The van der Waals surface area contributed by atoms with Crippen molar-refractivity contribution >= 4 is 26.8 Å². The topological polar surface area (TPSA) is 121 Å². The van der Waals surface area contributed by atoms with Crippen molar-refractivity contribution in [1.82, 2.24) is 20.1 Å². The summed E-state index contributed by atoms with van der Waals surface area (Å²) in [6.45, 7) is 5.16. The minimum Gasteiger partial charge on any atom is -0.489 e. The highest BCUT2D eigenvalue weighted by atomic mass is 32.2. The molecule has 9 nitrogen and oxygen atoms in total. The molecule has 4 rings (SSSR count). The normalized spacial score (nSPS) is 15.7. The molecule has 2 heterocycles. The molecule has 0 bridgehead atoms. The van der Waals surface area contributed by atoms with E-state index in [0.717, 1.165) is 22.2 Å². The first-order chi connectivity index (χ1) is 15.8. The summed E-state index contributed by atoms with van der Waals surface area (Å²) >= 11 is 0. The number of likely N-dealkylation sites (tertiary alicyclic amines) is 1. The number of fused-ring (bicyclic) bond motifs is 1. The first-order valence-electron chi connectivity index (χ1n) is 10.6. The molecule has 1 amide bonds. The van der Waals surface area contributed by atoms with Crippen LogP contribution >= 0.6 is 0 Å². The second-order valence-corrected chi connectivity index (χ2v) is 9.81. The van der Waals surface area contributed by atoms with Crippen LogP contribution in [-0.2, 0) is 21.4 Å². The van der Waals surface area contributed by atoms with Crippen LogP contribution in [0.4, 0.5) is 0 Å². The summed E-state index contributed by atoms with van der Waals surface area (Å²) in [5.41, 5.74) is 2.93. The van der Waals surface area contributed by atoms with E-state index in [-0.39, 0.29) is 18.0 Å². The Morgan fingerprint density at radius 3 is 2.55 bits per heavy atom. The van der Waals surface area contributed by atoms with Gasteiger partial charge in [0.1, 0.15) is 17.9 Å². The minimum absolute atomic E-state index is 0.000110. The second kappa shape index (κ2) is 9.06. The zero-order valence-corrected chi connectivity index (χ0v) is 19.2. The average Bonchev–Trinajstić information content (AvgIpc) is 2.79. The standard InChI is InChI=1S/C23H26N4O5S/c1-3-27-14-23(15-27,22(28)25-29)26-33(30,31)19-10-8-18(9-11-19)32-13-17-12-16(2)24-21-7-5-4-6-20(17)21/h4-12,26,29H,3,13-15H2,1-2H3,(H,25,28). The molecule has 0 spiro atoms. The van der Waals surface area contributed by atoms with Gasteiger partial charge < -0.3 is 4.74 Å². The number of hydrogen-bond acceptors (Lipinski definition) is 7. The number of rotatable bonds is 8. The molecule has 1 aliphatic rings. The van der Waals surface area contributed by atoms with Crippen molar-refractivity contribution < 1.29 is 23.2 Å². The quantitative estimate of drug-likeness (QED) is 0.340. The number of carbonyl (C=O) groups excluding carboxylic acids is 1. The van der Waals surface area contributed by atoms with Crippen LogP contribution < -0.4 is 14.9 Å². The lowest BCUT2D eigenvalue weighted by molar-refractivity contribution is -0.142. The molecular formula is C23H26N4O5S. The minimum atomic E-state index is -4.00. The van der Waals surface area contributed by atoms with Gasteiger partial charge in [0, 0.05) is 29.7 Å². The Morgan fingerprint density at radius 1 is 1.18 bits per heavy atom. The molecule has 0 saturated carbocycles. The Hall–Kier alpha value is -3.05. The first-order valence-corrected chi connectivity index (χ1v) is 12.0. The highest BCUT2D eigenvalue weighted by Crippen LogP contribution is 2.26. The number of benzene rings is 2. The maximum Gasteiger partial charge on any atom is 0.267 e. The molecule has 1 aromatic heterocycles. The number of para-hydroxylation sites is 1. The molecule has 0 aliphatic carbocycles. The lowest BCUT2D eigenvalue weighted by Gasteiger charge is -2.47. The third kappa shape index (κ3) is 4.69. The molecule has 2 aromatic carbocycles. The Kier molecular flexibility index (Phi) is 6.35. The molecule has 3 aromatic rings. The highest BCUT2D eigenvalue weighted by Gasteiger charge is 2.51. The van der Waals surface area contributed by atoms with Crippen molar-refractivity contribution in [3.63, 3.8) is 0 Å². The SMILES string of the molecule is CCN1CC(NS(=O)(=O)c2ccc(OCc3cc(C)nc4ccccc34)cc2)(C(=O)NO)C1. The van der Waals surface area contributed by atoms with Gasteiger partial charge in [0.05, 0.1) is 10.4 Å². The number of likely N-dealkylation sites (N-methyl/N-ethyl adjacent to an activating group) is 1. The Labute approximate surface area is 192 Å². The highest BCUT2D eigenvalue weighted by molar-refractivity contribution is 7.89. The number of hydroxylamine groups is 1. The molecule has 0 atom stereocenters. The van der Waals surface area contributed by atoms with Gasteiger partial charge in [-0.2, -0.15) is 4.72 Å². The number of nitrogens with one attached hydrogen (secondary N) is 2. The molecular weight excluding hydrogens is 444 g/mol. The zero-order valence-electron chi connectivity index (χ0n) is 18.4. The average molecular weight is 471 g/mol. The van der Waals surface area contributed by atoms with Gasteiger partial charge in [0.25, 0.3) is 5.91 Å². The van der Waals surface area contributed by atoms with Crippen LogP contribution in [0.15, 0.2) is 59.5 Å². The van der Waals surface area contributed by atoms with Crippen molar-refractivity contribution in [3.05, 3.63) is 65.9 Å². The van der Waals surface area contributed by atoms with Gasteiger partial charge in [-0.1, -0.05) is 25.1 Å². The third-order valence-electron chi connectivity index (χ3n) is 5.76. The van der Waals surface area contributed by atoms with E-state index in [1.165, 1.54) is 12.1 Å². The molecule has 174 valence electrons. The summed E-state index contributed by atoms with van der Waals surface area (Å²) < 4.78 is 34.1. The Morgan fingerprint density at radius 2 is 1.88 bits per heavy atom. The molecule has 0 radical (unpaired) electrons. The molecule has 3 N–H and O–H groups in total. The van der Waals surface area contributed by atoms with Crippen molar-refractivity contribution in [2.24, 2.45) is 0 Å². The summed E-state index contributed by atoms with van der Waals surface area (Å²) in [5.74, 6) is -0.272. The first kappa shape index (κ1) is 23.1. The van der Waals surface area contributed by atoms with Crippen LogP contribution in [0.3, 0.4) is 0 Å². The number of carbonyl (C=O) groups is 1. The van der Waals surface area contributed by atoms with E-state index in [1.54, 1.807) is 17.6 Å². The summed E-state index contributed by atoms with van der Waals surface area (Å²) in [6.07, 6.45) is 0. The van der Waals surface area contributed by atoms with Gasteiger partial charge >= 0.3 is 0 Å². The summed E-state index contributed by atoms with van der Waals surface area (Å²) in [4.78, 5) is 18.5. The number of pyridine rings is 1. The number of sulfonamides is 1. The number of aromatic nitrogens is 1. The predicted octanol–water partition coefficient (Wildman–Crippen LogP) is 1.98. The third-order valence-corrected chi connectivity index (χ3v) is 7.31. The number of amides is 1. The van der Waals surface area contributed by atoms with Crippen LogP contribution in [0.2, 0.25) is 0 Å². The number of nitrogens with zero attached hydrogens (tertiary/aromatic N) is 2. The summed E-state index contributed by atoms with van der Waals surface area (Å²) in [7, 11) is -4.00. The van der Waals surface area contributed by atoms with Gasteiger partial charge in [-0.05, 0) is 49.9 Å². The van der Waals surface area contributed by atoms with Crippen LogP contribution in [0.5, 0.6) is 5.75 Å². The fraction of sp³-hybridized carbons (Fsp3) is 0.304. The van der Waals surface area contributed by atoms with Gasteiger partial charge in [0.15, 0.2) is 0 Å². The predicted molar refractivity (Wildman–Crippen MR) is 122 cm³/mol. The number of aryl methyl sites for hydroxylation is 1. The Bertz CT molecular complexity index is 1270. The van der Waals surface area contributed by atoms with Crippen molar-refractivity contribution in [1.29, 1.82) is 0 Å². The molecule has 10 heteroatoms. The number of ether oxygens (including phenoxy) is 1. The largest absolute Gasteiger partial charge is 0.489 e.